The summed E-state index contributed by atoms with van der Waals surface area (Å²) < 4.78 is 0. The van der Waals surface area contributed by atoms with Crippen LogP contribution >= 0.6 is 35.6 Å². The zero-order valence-electron chi connectivity index (χ0n) is 6.71. The van der Waals surface area contributed by atoms with Crippen LogP contribution in [0, 0.1) is 0 Å². The molecule has 0 aliphatic carbocycles. The van der Waals surface area contributed by atoms with Gasteiger partial charge in [-0.15, -0.1) is 12.4 Å². The van der Waals surface area contributed by atoms with Crippen LogP contribution in [-0.2, 0) is 0 Å². The normalized spacial score (nSPS) is 12.0. The van der Waals surface area contributed by atoms with Crippen LogP contribution in [0.15, 0.2) is 18.2 Å². The molecule has 0 aliphatic heterocycles. The second-order valence-corrected chi connectivity index (χ2v) is 3.24. The number of halogens is 3. The van der Waals surface area contributed by atoms with E-state index in [4.69, 9.17) is 28.9 Å². The predicted molar refractivity (Wildman–Crippen MR) is 57.7 cm³/mol. The van der Waals surface area contributed by atoms with Gasteiger partial charge in [-0.3, -0.25) is 0 Å². The van der Waals surface area contributed by atoms with Crippen molar-refractivity contribution in [3.8, 4) is 0 Å². The smallest absolute Gasteiger partial charge is 0.0912 e. The Labute approximate surface area is 93.1 Å². The van der Waals surface area contributed by atoms with Crippen molar-refractivity contribution in [3.05, 3.63) is 33.8 Å². The molecule has 0 bridgehead atoms. The van der Waals surface area contributed by atoms with Crippen LogP contribution < -0.4 is 5.73 Å². The molecule has 74 valence electrons. The molecule has 0 fully saturated rings. The number of aliphatic hydroxyl groups is 1. The van der Waals surface area contributed by atoms with Gasteiger partial charge in [0.15, 0.2) is 0 Å². The van der Waals surface area contributed by atoms with Crippen molar-refractivity contribution in [2.45, 2.75) is 6.10 Å². The van der Waals surface area contributed by atoms with Crippen LogP contribution in [0.5, 0.6) is 0 Å². The van der Waals surface area contributed by atoms with Gasteiger partial charge in [0, 0.05) is 6.54 Å². The van der Waals surface area contributed by atoms with Crippen molar-refractivity contribution in [2.75, 3.05) is 6.54 Å². The minimum atomic E-state index is -0.667. The number of hydrogen-bond donors (Lipinski definition) is 2. The van der Waals surface area contributed by atoms with Crippen LogP contribution in [0.25, 0.3) is 0 Å². The molecule has 2 nitrogen and oxygen atoms in total. The van der Waals surface area contributed by atoms with E-state index >= 15 is 0 Å². The van der Waals surface area contributed by atoms with E-state index in [1.165, 1.54) is 0 Å². The molecular weight excluding hydrogens is 232 g/mol. The maximum absolute atomic E-state index is 9.32. The lowest BCUT2D eigenvalue weighted by Gasteiger charge is -2.08. The Morgan fingerprint density at radius 1 is 1.31 bits per heavy atom. The van der Waals surface area contributed by atoms with E-state index in [9.17, 15) is 5.11 Å². The molecule has 0 radical (unpaired) electrons. The molecule has 0 heterocycles. The lowest BCUT2D eigenvalue weighted by Crippen LogP contribution is -2.11. The molecule has 1 aromatic rings. The first kappa shape index (κ1) is 13.0. The maximum atomic E-state index is 9.32. The van der Waals surface area contributed by atoms with Gasteiger partial charge in [0.2, 0.25) is 0 Å². The van der Waals surface area contributed by atoms with E-state index in [-0.39, 0.29) is 19.0 Å². The van der Waals surface area contributed by atoms with E-state index < -0.39 is 6.10 Å². The fraction of sp³-hybridized carbons (Fsp3) is 0.250. The minimum absolute atomic E-state index is 0. The molecule has 0 amide bonds. The third-order valence-electron chi connectivity index (χ3n) is 1.55. The summed E-state index contributed by atoms with van der Waals surface area (Å²) in [7, 11) is 0. The lowest BCUT2D eigenvalue weighted by atomic mass is 10.1. The number of rotatable bonds is 2. The van der Waals surface area contributed by atoms with E-state index in [0.717, 1.165) is 0 Å². The molecule has 1 atom stereocenters. The summed E-state index contributed by atoms with van der Waals surface area (Å²) in [5.41, 5.74) is 5.95. The molecule has 13 heavy (non-hydrogen) atoms. The summed E-state index contributed by atoms with van der Waals surface area (Å²) in [6.45, 7) is 0.179. The number of nitrogens with two attached hydrogens (primary N) is 1. The Morgan fingerprint density at radius 2 is 1.92 bits per heavy atom. The Kier molecular flexibility index (Phi) is 5.68. The summed E-state index contributed by atoms with van der Waals surface area (Å²) in [5.74, 6) is 0. The zero-order chi connectivity index (χ0) is 9.14. The topological polar surface area (TPSA) is 46.2 Å². The highest BCUT2D eigenvalue weighted by molar-refractivity contribution is 6.42. The summed E-state index contributed by atoms with van der Waals surface area (Å²) in [5, 5.41) is 10.2. The molecule has 0 aliphatic rings. The molecule has 0 saturated heterocycles. The van der Waals surface area contributed by atoms with Crippen molar-refractivity contribution in [3.63, 3.8) is 0 Å². The SMILES string of the molecule is Cl.NCC(O)c1ccc(Cl)c(Cl)c1. The molecule has 1 unspecified atom stereocenters. The van der Waals surface area contributed by atoms with Crippen LogP contribution in [0.2, 0.25) is 10.0 Å². The van der Waals surface area contributed by atoms with E-state index in [1.807, 2.05) is 0 Å². The van der Waals surface area contributed by atoms with Crippen LogP contribution in [0.3, 0.4) is 0 Å². The fourth-order valence-electron chi connectivity index (χ4n) is 0.856. The first-order valence-corrected chi connectivity index (χ1v) is 4.24. The standard InChI is InChI=1S/C8H9Cl2NO.ClH/c9-6-2-1-5(3-7(6)10)8(12)4-11;/h1-3,8,12H,4,11H2;1H. The molecule has 0 saturated carbocycles. The highest BCUT2D eigenvalue weighted by Crippen LogP contribution is 2.25. The van der Waals surface area contributed by atoms with Gasteiger partial charge in [-0.1, -0.05) is 29.3 Å². The van der Waals surface area contributed by atoms with Gasteiger partial charge >= 0.3 is 0 Å². The number of hydrogen-bond acceptors (Lipinski definition) is 2. The average molecular weight is 243 g/mol. The van der Waals surface area contributed by atoms with Gasteiger partial charge in [0.05, 0.1) is 16.1 Å². The van der Waals surface area contributed by atoms with E-state index in [2.05, 4.69) is 0 Å². The quantitative estimate of drug-likeness (QED) is 0.837. The van der Waals surface area contributed by atoms with E-state index in [0.29, 0.717) is 15.6 Å². The lowest BCUT2D eigenvalue weighted by molar-refractivity contribution is 0.187. The maximum Gasteiger partial charge on any atom is 0.0912 e. The van der Waals surface area contributed by atoms with Crippen LogP contribution in [0.1, 0.15) is 11.7 Å². The van der Waals surface area contributed by atoms with Crippen molar-refractivity contribution >= 4 is 35.6 Å². The van der Waals surface area contributed by atoms with Crippen LogP contribution in [0.4, 0.5) is 0 Å². The molecule has 3 N–H and O–H groups in total. The zero-order valence-corrected chi connectivity index (χ0v) is 9.03. The molecule has 5 heteroatoms. The van der Waals surface area contributed by atoms with Gasteiger partial charge in [0.25, 0.3) is 0 Å². The Bertz CT molecular complexity index is 280. The highest BCUT2D eigenvalue weighted by Gasteiger charge is 2.06. The minimum Gasteiger partial charge on any atom is -0.387 e. The van der Waals surface area contributed by atoms with Gasteiger partial charge in [-0.2, -0.15) is 0 Å². The van der Waals surface area contributed by atoms with Gasteiger partial charge in [0.1, 0.15) is 0 Å². The third kappa shape index (κ3) is 3.33. The van der Waals surface area contributed by atoms with Crippen molar-refractivity contribution in [1.29, 1.82) is 0 Å². The first-order valence-electron chi connectivity index (χ1n) is 3.48. The number of benzene rings is 1. The molecule has 1 rings (SSSR count). The second-order valence-electron chi connectivity index (χ2n) is 2.43. The van der Waals surface area contributed by atoms with E-state index in [1.54, 1.807) is 18.2 Å². The predicted octanol–water partition coefficient (Wildman–Crippen LogP) is 2.41. The molecule has 1 aromatic carbocycles. The van der Waals surface area contributed by atoms with Crippen molar-refractivity contribution in [1.82, 2.24) is 0 Å². The molecule has 0 spiro atoms. The van der Waals surface area contributed by atoms with Gasteiger partial charge in [-0.25, -0.2) is 0 Å². The number of aliphatic hydroxyl groups excluding tert-OH is 1. The van der Waals surface area contributed by atoms with Gasteiger partial charge in [-0.05, 0) is 17.7 Å². The largest absolute Gasteiger partial charge is 0.387 e. The summed E-state index contributed by atoms with van der Waals surface area (Å²) in [6.07, 6.45) is -0.667. The van der Waals surface area contributed by atoms with Crippen molar-refractivity contribution < 1.29 is 5.11 Å². The summed E-state index contributed by atoms with van der Waals surface area (Å²) in [4.78, 5) is 0. The average Bonchev–Trinajstić information content (AvgIpc) is 2.08. The monoisotopic (exact) mass is 241 g/mol. The fourth-order valence-corrected chi connectivity index (χ4v) is 1.16. The Morgan fingerprint density at radius 3 is 2.38 bits per heavy atom. The highest BCUT2D eigenvalue weighted by atomic mass is 35.5. The van der Waals surface area contributed by atoms with Crippen LogP contribution in [-0.4, -0.2) is 11.7 Å². The Hall–Kier alpha value is 0.01000. The summed E-state index contributed by atoms with van der Waals surface area (Å²) >= 11 is 11.4. The summed E-state index contributed by atoms with van der Waals surface area (Å²) in [6, 6.07) is 4.95. The molecular formula is C8H10Cl3NO. The second kappa shape index (κ2) is 5.68. The first-order chi connectivity index (χ1) is 5.65. The molecule has 0 aromatic heterocycles. The van der Waals surface area contributed by atoms with Gasteiger partial charge < -0.3 is 10.8 Å². The Balaban J connectivity index is 0.00000144. The van der Waals surface area contributed by atoms with Crippen molar-refractivity contribution in [2.24, 2.45) is 5.73 Å². The third-order valence-corrected chi connectivity index (χ3v) is 2.29.